The molecule has 2 fully saturated rings. The number of carbonyl (C=O) groups excluding carboxylic acids is 2. The Kier molecular flexibility index (Phi) is 6.72. The Balaban J connectivity index is 1.31. The number of carbonyl (C=O) groups is 2. The van der Waals surface area contributed by atoms with Gasteiger partial charge in [0.15, 0.2) is 0 Å². The molecule has 0 spiro atoms. The first-order valence-electron chi connectivity index (χ1n) is 11.1. The molecule has 2 aromatic rings. The number of hydrogen-bond donors (Lipinski definition) is 0. The number of anilines is 1. The molecule has 1 aromatic heterocycles. The van der Waals surface area contributed by atoms with Crippen molar-refractivity contribution >= 4 is 17.6 Å². The maximum Gasteiger partial charge on any atom is 0.325 e. The van der Waals surface area contributed by atoms with Crippen LogP contribution in [0.2, 0.25) is 0 Å². The predicted molar refractivity (Wildman–Crippen MR) is 119 cm³/mol. The van der Waals surface area contributed by atoms with Crippen molar-refractivity contribution in [3.8, 4) is 11.6 Å². The Morgan fingerprint density at radius 1 is 1.09 bits per heavy atom. The number of nitrogens with zero attached hydrogens (tertiary/aromatic N) is 5. The normalized spacial score (nSPS) is 18.8. The van der Waals surface area contributed by atoms with Crippen molar-refractivity contribution in [3.63, 3.8) is 0 Å². The van der Waals surface area contributed by atoms with Crippen molar-refractivity contribution in [2.75, 3.05) is 44.2 Å². The minimum absolute atomic E-state index is 0.0600. The summed E-state index contributed by atoms with van der Waals surface area (Å²) in [5.74, 6) is 1.18. The van der Waals surface area contributed by atoms with Gasteiger partial charge in [-0.05, 0) is 57.0 Å². The molecule has 3 amide bonds. The lowest BCUT2D eigenvalue weighted by molar-refractivity contribution is -0.134. The van der Waals surface area contributed by atoms with E-state index in [1.165, 1.54) is 0 Å². The van der Waals surface area contributed by atoms with Gasteiger partial charge in [0, 0.05) is 31.4 Å². The number of ether oxygens (including phenoxy) is 2. The smallest absolute Gasteiger partial charge is 0.325 e. The largest absolute Gasteiger partial charge is 0.494 e. The van der Waals surface area contributed by atoms with E-state index in [0.29, 0.717) is 38.7 Å². The van der Waals surface area contributed by atoms with Gasteiger partial charge in [-0.3, -0.25) is 9.69 Å². The molecular formula is C23H29N5O4. The number of urea groups is 1. The molecule has 2 saturated heterocycles. The van der Waals surface area contributed by atoms with Gasteiger partial charge in [-0.25, -0.2) is 4.79 Å². The number of rotatable bonds is 7. The van der Waals surface area contributed by atoms with Crippen LogP contribution >= 0.6 is 0 Å². The van der Waals surface area contributed by atoms with Gasteiger partial charge >= 0.3 is 6.03 Å². The molecular weight excluding hydrogens is 410 g/mol. The van der Waals surface area contributed by atoms with Crippen LogP contribution in [-0.2, 0) is 4.79 Å². The third kappa shape index (κ3) is 5.09. The topological polar surface area (TPSA) is 88.1 Å². The Labute approximate surface area is 187 Å². The van der Waals surface area contributed by atoms with Crippen molar-refractivity contribution in [3.05, 3.63) is 42.1 Å². The van der Waals surface area contributed by atoms with Gasteiger partial charge in [0.1, 0.15) is 18.4 Å². The standard InChI is InChI=1S/C23H29N5O4/c1-3-31-19-9-7-18(8-10-19)28-14-13-27(23(28)30)16-22(29)26-12-4-5-20(15-26)32-21-11-6-17(2)24-25-21/h6-11,20H,3-5,12-16H2,1-2H3. The molecule has 2 aliphatic heterocycles. The fraction of sp³-hybridized carbons (Fsp3) is 0.478. The number of hydrogen-bond acceptors (Lipinski definition) is 6. The lowest BCUT2D eigenvalue weighted by atomic mass is 10.1. The van der Waals surface area contributed by atoms with Gasteiger partial charge in [0.25, 0.3) is 0 Å². The Morgan fingerprint density at radius 3 is 2.62 bits per heavy atom. The minimum Gasteiger partial charge on any atom is -0.494 e. The molecule has 0 saturated carbocycles. The molecule has 4 rings (SSSR count). The number of amides is 3. The van der Waals surface area contributed by atoms with E-state index in [9.17, 15) is 9.59 Å². The summed E-state index contributed by atoms with van der Waals surface area (Å²) in [6.45, 7) is 6.70. The first-order valence-corrected chi connectivity index (χ1v) is 11.1. The molecule has 170 valence electrons. The van der Waals surface area contributed by atoms with E-state index < -0.39 is 0 Å². The van der Waals surface area contributed by atoms with Gasteiger partial charge < -0.3 is 19.3 Å². The van der Waals surface area contributed by atoms with Crippen LogP contribution < -0.4 is 14.4 Å². The maximum atomic E-state index is 12.9. The molecule has 0 bridgehead atoms. The average molecular weight is 440 g/mol. The summed E-state index contributed by atoms with van der Waals surface area (Å²) in [5.41, 5.74) is 1.63. The highest BCUT2D eigenvalue weighted by molar-refractivity contribution is 5.96. The Hall–Kier alpha value is -3.36. The van der Waals surface area contributed by atoms with E-state index in [1.807, 2.05) is 44.2 Å². The van der Waals surface area contributed by atoms with Crippen LogP contribution in [0.4, 0.5) is 10.5 Å². The second-order valence-electron chi connectivity index (χ2n) is 8.02. The number of piperidine rings is 1. The average Bonchev–Trinajstić information content (AvgIpc) is 3.16. The molecule has 9 heteroatoms. The van der Waals surface area contributed by atoms with E-state index >= 15 is 0 Å². The lowest BCUT2D eigenvalue weighted by Gasteiger charge is -2.33. The fourth-order valence-corrected chi connectivity index (χ4v) is 4.00. The zero-order valence-corrected chi connectivity index (χ0v) is 18.6. The highest BCUT2D eigenvalue weighted by atomic mass is 16.5. The predicted octanol–water partition coefficient (Wildman–Crippen LogP) is 2.50. The lowest BCUT2D eigenvalue weighted by Crippen LogP contribution is -2.48. The number of aromatic nitrogens is 2. The summed E-state index contributed by atoms with van der Waals surface area (Å²) in [6.07, 6.45) is 1.58. The van der Waals surface area contributed by atoms with Gasteiger partial charge in [0.05, 0.1) is 18.8 Å². The van der Waals surface area contributed by atoms with Crippen LogP contribution in [0.1, 0.15) is 25.5 Å². The Bertz CT molecular complexity index is 934. The number of likely N-dealkylation sites (tertiary alicyclic amines) is 1. The monoisotopic (exact) mass is 439 g/mol. The zero-order chi connectivity index (χ0) is 22.5. The minimum atomic E-state index is -0.151. The molecule has 0 N–H and O–H groups in total. The molecule has 0 aliphatic carbocycles. The molecule has 9 nitrogen and oxygen atoms in total. The molecule has 2 aliphatic rings. The fourth-order valence-electron chi connectivity index (χ4n) is 4.00. The summed E-state index contributed by atoms with van der Waals surface area (Å²) < 4.78 is 11.4. The van der Waals surface area contributed by atoms with Crippen LogP contribution in [-0.4, -0.2) is 77.4 Å². The number of benzene rings is 1. The molecule has 3 heterocycles. The van der Waals surface area contributed by atoms with Crippen molar-refractivity contribution in [1.82, 2.24) is 20.0 Å². The highest BCUT2D eigenvalue weighted by Crippen LogP contribution is 2.24. The van der Waals surface area contributed by atoms with Crippen molar-refractivity contribution < 1.29 is 19.1 Å². The van der Waals surface area contributed by atoms with Crippen molar-refractivity contribution in [2.24, 2.45) is 0 Å². The second-order valence-corrected chi connectivity index (χ2v) is 8.02. The van der Waals surface area contributed by atoms with Crippen LogP contribution in [0.5, 0.6) is 11.6 Å². The zero-order valence-electron chi connectivity index (χ0n) is 18.6. The van der Waals surface area contributed by atoms with E-state index in [0.717, 1.165) is 30.0 Å². The molecule has 1 unspecified atom stereocenters. The molecule has 0 radical (unpaired) electrons. The van der Waals surface area contributed by atoms with E-state index in [-0.39, 0.29) is 24.6 Å². The van der Waals surface area contributed by atoms with Crippen LogP contribution in [0.3, 0.4) is 0 Å². The summed E-state index contributed by atoms with van der Waals surface area (Å²) in [5, 5.41) is 8.06. The summed E-state index contributed by atoms with van der Waals surface area (Å²) >= 11 is 0. The third-order valence-electron chi connectivity index (χ3n) is 5.67. The number of aryl methyl sites for hydroxylation is 1. The maximum absolute atomic E-state index is 12.9. The van der Waals surface area contributed by atoms with Gasteiger partial charge in [-0.2, -0.15) is 5.10 Å². The van der Waals surface area contributed by atoms with Crippen molar-refractivity contribution in [1.29, 1.82) is 0 Å². The van der Waals surface area contributed by atoms with Crippen LogP contribution in [0, 0.1) is 6.92 Å². The first kappa shape index (κ1) is 21.9. The summed E-state index contributed by atoms with van der Waals surface area (Å²) in [4.78, 5) is 30.9. The SMILES string of the molecule is CCOc1ccc(N2CCN(CC(=O)N3CCCC(Oc4ccc(C)nn4)C3)C2=O)cc1. The van der Waals surface area contributed by atoms with E-state index in [1.54, 1.807) is 20.8 Å². The van der Waals surface area contributed by atoms with Crippen LogP contribution in [0.15, 0.2) is 36.4 Å². The molecule has 1 atom stereocenters. The quantitative estimate of drug-likeness (QED) is 0.659. The molecule has 1 aromatic carbocycles. The van der Waals surface area contributed by atoms with Gasteiger partial charge in [0.2, 0.25) is 11.8 Å². The highest BCUT2D eigenvalue weighted by Gasteiger charge is 2.33. The van der Waals surface area contributed by atoms with Gasteiger partial charge in [-0.15, -0.1) is 5.10 Å². The van der Waals surface area contributed by atoms with E-state index in [2.05, 4.69) is 10.2 Å². The van der Waals surface area contributed by atoms with Crippen LogP contribution in [0.25, 0.3) is 0 Å². The summed E-state index contributed by atoms with van der Waals surface area (Å²) in [7, 11) is 0. The second kappa shape index (κ2) is 9.84. The van der Waals surface area contributed by atoms with E-state index in [4.69, 9.17) is 9.47 Å². The van der Waals surface area contributed by atoms with Crippen molar-refractivity contribution in [2.45, 2.75) is 32.8 Å². The van der Waals surface area contributed by atoms with Gasteiger partial charge in [-0.1, -0.05) is 0 Å². The third-order valence-corrected chi connectivity index (χ3v) is 5.67. The summed E-state index contributed by atoms with van der Waals surface area (Å²) in [6, 6.07) is 10.9. The Morgan fingerprint density at radius 2 is 1.91 bits per heavy atom. The molecule has 32 heavy (non-hydrogen) atoms. The first-order chi connectivity index (χ1) is 15.5.